The van der Waals surface area contributed by atoms with Gasteiger partial charge in [-0.1, -0.05) is 26.0 Å². The van der Waals surface area contributed by atoms with E-state index in [1.807, 2.05) is 26.0 Å². The van der Waals surface area contributed by atoms with Crippen LogP contribution in [0.3, 0.4) is 0 Å². The maximum absolute atomic E-state index is 13.1. The molecule has 0 aliphatic heterocycles. The molecular weight excluding hydrogens is 440 g/mol. The number of hydrogen-bond acceptors (Lipinski definition) is 5. The van der Waals surface area contributed by atoms with E-state index in [1.54, 1.807) is 0 Å². The summed E-state index contributed by atoms with van der Waals surface area (Å²) in [6, 6.07) is 0. The van der Waals surface area contributed by atoms with Crippen molar-refractivity contribution in [3.05, 3.63) is 23.8 Å². The second kappa shape index (κ2) is 8.68. The first-order valence-corrected chi connectivity index (χ1v) is 13.8. The van der Waals surface area contributed by atoms with Gasteiger partial charge in [0.25, 0.3) is 0 Å². The van der Waals surface area contributed by atoms with Crippen molar-refractivity contribution in [2.75, 3.05) is 6.61 Å². The lowest BCUT2D eigenvalue weighted by molar-refractivity contribution is -0.149. The molecular formula is C30H42O5. The molecule has 0 aromatic rings. The van der Waals surface area contributed by atoms with E-state index in [4.69, 9.17) is 4.74 Å². The highest BCUT2D eigenvalue weighted by Gasteiger charge is 2.78. The summed E-state index contributed by atoms with van der Waals surface area (Å²) in [6.07, 6.45) is 14.4. The molecule has 4 fully saturated rings. The zero-order valence-corrected chi connectivity index (χ0v) is 21.8. The Labute approximate surface area is 209 Å². The lowest BCUT2D eigenvalue weighted by atomic mass is 9.50. The van der Waals surface area contributed by atoms with Crippen molar-refractivity contribution in [1.29, 1.82) is 0 Å². The van der Waals surface area contributed by atoms with Crippen molar-refractivity contribution in [2.45, 2.75) is 91.6 Å². The van der Waals surface area contributed by atoms with Gasteiger partial charge in [0.05, 0.1) is 0 Å². The van der Waals surface area contributed by atoms with Crippen molar-refractivity contribution < 1.29 is 24.2 Å². The predicted molar refractivity (Wildman–Crippen MR) is 133 cm³/mol. The molecule has 0 radical (unpaired) electrons. The molecule has 0 bridgehead atoms. The summed E-state index contributed by atoms with van der Waals surface area (Å²) in [6.45, 7) is 7.62. The standard InChI is InChI=1S/C30H42O5/c1-5-22(18(2)16-31)26(34)9-8-24-27(35-19(3)32)15-25-23-7-6-20-14-21(33)10-11-29(20)17-30(23,29)13-12-28(24,25)4/h5,10-11,18,20,23-25,27,31H,6-9,12-17H2,1-4H3/b22-5-. The van der Waals surface area contributed by atoms with Gasteiger partial charge in [0.2, 0.25) is 0 Å². The van der Waals surface area contributed by atoms with Gasteiger partial charge in [-0.15, -0.1) is 0 Å². The summed E-state index contributed by atoms with van der Waals surface area (Å²) >= 11 is 0. The molecule has 2 spiro atoms. The molecule has 0 aromatic carbocycles. The first-order valence-electron chi connectivity index (χ1n) is 13.8. The minimum atomic E-state index is -0.230. The van der Waals surface area contributed by atoms with E-state index in [0.717, 1.165) is 25.7 Å². The molecule has 9 atom stereocenters. The number of ether oxygens (including phenoxy) is 1. The summed E-state index contributed by atoms with van der Waals surface area (Å²) in [7, 11) is 0. The van der Waals surface area contributed by atoms with E-state index in [0.29, 0.717) is 47.4 Å². The second-order valence-corrected chi connectivity index (χ2v) is 12.6. The number of aliphatic hydroxyl groups is 1. The Bertz CT molecular complexity index is 979. The van der Waals surface area contributed by atoms with Crippen LogP contribution in [0.1, 0.15) is 85.5 Å². The first kappa shape index (κ1) is 24.9. The minimum absolute atomic E-state index is 0.0305. The van der Waals surface area contributed by atoms with Crippen molar-refractivity contribution >= 4 is 17.5 Å². The van der Waals surface area contributed by atoms with E-state index in [2.05, 4.69) is 13.0 Å². The predicted octanol–water partition coefficient (Wildman–Crippen LogP) is 5.21. The highest BCUT2D eigenvalue weighted by molar-refractivity contribution is 5.95. The monoisotopic (exact) mass is 482 g/mol. The number of carbonyl (C=O) groups is 3. The number of fused-ring (bicyclic) bond motifs is 2. The van der Waals surface area contributed by atoms with Crippen LogP contribution in [0.4, 0.5) is 0 Å². The maximum Gasteiger partial charge on any atom is 0.302 e. The van der Waals surface area contributed by atoms with Crippen LogP contribution < -0.4 is 0 Å². The molecule has 35 heavy (non-hydrogen) atoms. The third-order valence-electron chi connectivity index (χ3n) is 11.4. The van der Waals surface area contributed by atoms with Crippen molar-refractivity contribution in [2.24, 2.45) is 45.8 Å². The van der Waals surface area contributed by atoms with Gasteiger partial charge in [-0.2, -0.15) is 0 Å². The Morgan fingerprint density at radius 3 is 2.71 bits per heavy atom. The van der Waals surface area contributed by atoms with E-state index in [9.17, 15) is 19.5 Å². The van der Waals surface area contributed by atoms with Crippen LogP contribution in [0.5, 0.6) is 0 Å². The van der Waals surface area contributed by atoms with Crippen LogP contribution in [0.2, 0.25) is 0 Å². The Kier molecular flexibility index (Phi) is 6.18. The number of esters is 1. The Morgan fingerprint density at radius 2 is 2.03 bits per heavy atom. The molecule has 192 valence electrons. The number of Topliss-reactive ketones (excluding diaryl/α,β-unsaturated/α-hetero) is 1. The fraction of sp³-hybridized carbons (Fsp3) is 0.767. The lowest BCUT2D eigenvalue weighted by Crippen LogP contribution is -2.48. The quantitative estimate of drug-likeness (QED) is 0.398. The van der Waals surface area contributed by atoms with Crippen LogP contribution in [0, 0.1) is 45.8 Å². The smallest absolute Gasteiger partial charge is 0.302 e. The number of rotatable bonds is 7. The number of carbonyl (C=O) groups excluding carboxylic acids is 3. The van der Waals surface area contributed by atoms with Gasteiger partial charge in [0.1, 0.15) is 6.10 Å². The molecule has 5 heteroatoms. The molecule has 5 aliphatic carbocycles. The third-order valence-corrected chi connectivity index (χ3v) is 11.4. The molecule has 0 amide bonds. The SMILES string of the molecule is C/C=C(\C(=O)CCC1C(OC(C)=O)CC2C3CCC4CC(=O)C=CC45CC35CCC12C)C(C)CO. The topological polar surface area (TPSA) is 80.7 Å². The van der Waals surface area contributed by atoms with Gasteiger partial charge in [-0.25, -0.2) is 0 Å². The van der Waals surface area contributed by atoms with E-state index in [1.165, 1.54) is 26.2 Å². The van der Waals surface area contributed by atoms with Crippen LogP contribution in [0.15, 0.2) is 23.8 Å². The normalized spacial score (nSPS) is 44.5. The second-order valence-electron chi connectivity index (χ2n) is 12.6. The molecule has 0 heterocycles. The lowest BCUT2D eigenvalue weighted by Gasteiger charge is -2.54. The van der Waals surface area contributed by atoms with Gasteiger partial charge >= 0.3 is 5.97 Å². The number of allylic oxidation sites excluding steroid dienone is 3. The molecule has 5 rings (SSSR count). The Hall–Kier alpha value is -1.75. The van der Waals surface area contributed by atoms with Crippen LogP contribution >= 0.6 is 0 Å². The van der Waals surface area contributed by atoms with E-state index in [-0.39, 0.29) is 47.1 Å². The summed E-state index contributed by atoms with van der Waals surface area (Å²) in [5, 5.41) is 9.56. The molecule has 9 unspecified atom stereocenters. The summed E-state index contributed by atoms with van der Waals surface area (Å²) in [5.41, 5.74) is 1.30. The largest absolute Gasteiger partial charge is 0.462 e. The van der Waals surface area contributed by atoms with Crippen LogP contribution in [-0.4, -0.2) is 35.4 Å². The van der Waals surface area contributed by atoms with E-state index >= 15 is 0 Å². The highest BCUT2D eigenvalue weighted by atomic mass is 16.5. The molecule has 4 saturated carbocycles. The average Bonchev–Trinajstić information content (AvgIpc) is 3.40. The highest BCUT2D eigenvalue weighted by Crippen LogP contribution is 2.84. The molecule has 1 N–H and O–H groups in total. The number of hydrogen-bond donors (Lipinski definition) is 1. The minimum Gasteiger partial charge on any atom is -0.462 e. The van der Waals surface area contributed by atoms with Crippen molar-refractivity contribution in [3.8, 4) is 0 Å². The fourth-order valence-electron chi connectivity index (χ4n) is 9.69. The zero-order chi connectivity index (χ0) is 25.2. The van der Waals surface area contributed by atoms with Gasteiger partial charge in [-0.3, -0.25) is 14.4 Å². The molecule has 5 nitrogen and oxygen atoms in total. The summed E-state index contributed by atoms with van der Waals surface area (Å²) < 4.78 is 5.95. The van der Waals surface area contributed by atoms with Crippen LogP contribution in [0.25, 0.3) is 0 Å². The third kappa shape index (κ3) is 3.62. The van der Waals surface area contributed by atoms with Gasteiger partial charge in [-0.05, 0) is 97.5 Å². The average molecular weight is 483 g/mol. The number of ketones is 2. The first-order chi connectivity index (χ1) is 16.6. The Morgan fingerprint density at radius 1 is 1.26 bits per heavy atom. The zero-order valence-electron chi connectivity index (χ0n) is 21.8. The molecule has 0 saturated heterocycles. The number of aliphatic hydroxyl groups excluding tert-OH is 1. The summed E-state index contributed by atoms with van der Waals surface area (Å²) in [5.74, 6) is 1.79. The Balaban J connectivity index is 1.39. The maximum atomic E-state index is 13.1. The van der Waals surface area contributed by atoms with Crippen molar-refractivity contribution in [3.63, 3.8) is 0 Å². The van der Waals surface area contributed by atoms with Crippen LogP contribution in [-0.2, 0) is 19.1 Å². The van der Waals surface area contributed by atoms with Crippen molar-refractivity contribution in [1.82, 2.24) is 0 Å². The van der Waals surface area contributed by atoms with Gasteiger partial charge in [0, 0.05) is 38.2 Å². The van der Waals surface area contributed by atoms with Gasteiger partial charge in [0.15, 0.2) is 11.6 Å². The van der Waals surface area contributed by atoms with E-state index < -0.39 is 0 Å². The molecule has 0 aromatic heterocycles. The molecule has 5 aliphatic rings. The van der Waals surface area contributed by atoms with Gasteiger partial charge < -0.3 is 9.84 Å². The fourth-order valence-corrected chi connectivity index (χ4v) is 9.69. The summed E-state index contributed by atoms with van der Waals surface area (Å²) in [4.78, 5) is 37.3.